The molecule has 0 fully saturated rings. The molecule has 0 N–H and O–H groups in total. The molecule has 1 aliphatic heterocycles. The van der Waals surface area contributed by atoms with Gasteiger partial charge in [0.2, 0.25) is 5.91 Å². The fourth-order valence-corrected chi connectivity index (χ4v) is 2.72. The summed E-state index contributed by atoms with van der Waals surface area (Å²) in [6, 6.07) is 7.47. The number of amides is 1. The molecule has 0 radical (unpaired) electrons. The van der Waals surface area contributed by atoms with E-state index in [2.05, 4.69) is 5.16 Å². The van der Waals surface area contributed by atoms with Gasteiger partial charge in [0.1, 0.15) is 0 Å². The minimum absolute atomic E-state index is 0.00499. The monoisotopic (exact) mass is 304 g/mol. The second-order valence-corrected chi connectivity index (χ2v) is 6.04. The Hall–Kier alpha value is -1.81. The molecule has 0 bridgehead atoms. The summed E-state index contributed by atoms with van der Waals surface area (Å²) in [4.78, 5) is 14.1. The zero-order valence-electron chi connectivity index (χ0n) is 12.1. The predicted molar refractivity (Wildman–Crippen MR) is 80.9 cm³/mol. The Morgan fingerprint density at radius 2 is 2.05 bits per heavy atom. The van der Waals surface area contributed by atoms with Crippen LogP contribution < -0.4 is 0 Å². The molecule has 0 atom stereocenters. The van der Waals surface area contributed by atoms with Crippen molar-refractivity contribution in [2.75, 3.05) is 6.54 Å². The van der Waals surface area contributed by atoms with Gasteiger partial charge in [-0.05, 0) is 24.3 Å². The van der Waals surface area contributed by atoms with Crippen LogP contribution in [0.3, 0.4) is 0 Å². The van der Waals surface area contributed by atoms with Gasteiger partial charge in [0.25, 0.3) is 0 Å². The number of carbonyl (C=O) groups excluding carboxylic acids is 1. The highest BCUT2D eigenvalue weighted by molar-refractivity contribution is 6.30. The lowest BCUT2D eigenvalue weighted by molar-refractivity contribution is -0.135. The molecule has 0 spiro atoms. The Balaban J connectivity index is 1.92. The van der Waals surface area contributed by atoms with Crippen LogP contribution in [0.2, 0.25) is 5.02 Å². The van der Waals surface area contributed by atoms with Gasteiger partial charge in [-0.15, -0.1) is 0 Å². The Morgan fingerprint density at radius 3 is 2.71 bits per heavy atom. The van der Waals surface area contributed by atoms with E-state index in [9.17, 15) is 4.79 Å². The van der Waals surface area contributed by atoms with Crippen LogP contribution in [0.15, 0.2) is 28.8 Å². The molecule has 110 valence electrons. The smallest absolute Gasteiger partial charge is 0.225 e. The Labute approximate surface area is 128 Å². The van der Waals surface area contributed by atoms with Gasteiger partial charge in [-0.1, -0.05) is 30.6 Å². The number of hydrogen-bond donors (Lipinski definition) is 0. The predicted octanol–water partition coefficient (Wildman–Crippen LogP) is 3.54. The maximum atomic E-state index is 12.2. The minimum Gasteiger partial charge on any atom is -0.356 e. The first-order chi connectivity index (χ1) is 10.1. The van der Waals surface area contributed by atoms with Crippen molar-refractivity contribution in [2.45, 2.75) is 26.8 Å². The molecule has 0 saturated carbocycles. The summed E-state index contributed by atoms with van der Waals surface area (Å²) in [7, 11) is 0. The number of fused-ring (bicyclic) bond motifs is 1. The van der Waals surface area contributed by atoms with Crippen molar-refractivity contribution in [3.8, 4) is 11.3 Å². The van der Waals surface area contributed by atoms with E-state index in [1.165, 1.54) is 0 Å². The molecule has 0 aliphatic carbocycles. The van der Waals surface area contributed by atoms with Gasteiger partial charge in [0, 0.05) is 35.0 Å². The zero-order chi connectivity index (χ0) is 15.0. The number of nitrogens with zero attached hydrogens (tertiary/aromatic N) is 2. The number of hydrogen-bond acceptors (Lipinski definition) is 3. The first kappa shape index (κ1) is 14.1. The van der Waals surface area contributed by atoms with Gasteiger partial charge in [-0.25, -0.2) is 0 Å². The summed E-state index contributed by atoms with van der Waals surface area (Å²) in [5, 5.41) is 4.83. The first-order valence-electron chi connectivity index (χ1n) is 7.08. The van der Waals surface area contributed by atoms with E-state index >= 15 is 0 Å². The van der Waals surface area contributed by atoms with E-state index in [1.807, 2.05) is 43.0 Å². The molecule has 1 aromatic carbocycles. The minimum atomic E-state index is 0.00499. The van der Waals surface area contributed by atoms with Gasteiger partial charge < -0.3 is 9.42 Å². The Bertz CT molecular complexity index is 661. The number of benzene rings is 1. The molecule has 5 heteroatoms. The number of halogens is 1. The fraction of sp³-hybridized carbons (Fsp3) is 0.375. The molecule has 2 heterocycles. The van der Waals surface area contributed by atoms with Crippen molar-refractivity contribution in [2.24, 2.45) is 5.92 Å². The fourth-order valence-electron chi connectivity index (χ4n) is 2.59. The van der Waals surface area contributed by atoms with Crippen LogP contribution in [0.25, 0.3) is 11.3 Å². The van der Waals surface area contributed by atoms with Gasteiger partial charge in [-0.3, -0.25) is 4.79 Å². The maximum Gasteiger partial charge on any atom is 0.225 e. The van der Waals surface area contributed by atoms with E-state index in [0.717, 1.165) is 29.0 Å². The van der Waals surface area contributed by atoms with Crippen LogP contribution in [0.1, 0.15) is 25.1 Å². The van der Waals surface area contributed by atoms with Gasteiger partial charge in [0.05, 0.1) is 12.2 Å². The number of carbonyl (C=O) groups is 1. The van der Waals surface area contributed by atoms with Crippen LogP contribution in [-0.4, -0.2) is 22.5 Å². The molecule has 3 rings (SSSR count). The summed E-state index contributed by atoms with van der Waals surface area (Å²) in [6.07, 6.45) is 0.741. The average Bonchev–Trinajstić information content (AvgIpc) is 2.90. The van der Waals surface area contributed by atoms with E-state index in [0.29, 0.717) is 18.1 Å². The molecule has 2 aromatic rings. The Morgan fingerprint density at radius 1 is 1.33 bits per heavy atom. The summed E-state index contributed by atoms with van der Waals surface area (Å²) in [5.74, 6) is 0.914. The van der Waals surface area contributed by atoms with Gasteiger partial charge >= 0.3 is 0 Å². The molecular weight excluding hydrogens is 288 g/mol. The van der Waals surface area contributed by atoms with E-state index in [-0.39, 0.29) is 11.8 Å². The summed E-state index contributed by atoms with van der Waals surface area (Å²) < 4.78 is 5.50. The highest BCUT2D eigenvalue weighted by Crippen LogP contribution is 2.31. The van der Waals surface area contributed by atoms with Crippen molar-refractivity contribution >= 4 is 17.5 Å². The largest absolute Gasteiger partial charge is 0.356 e. The van der Waals surface area contributed by atoms with Crippen LogP contribution in [0.4, 0.5) is 0 Å². The number of aromatic nitrogens is 1. The highest BCUT2D eigenvalue weighted by Gasteiger charge is 2.28. The van der Waals surface area contributed by atoms with Gasteiger partial charge in [0.15, 0.2) is 5.76 Å². The van der Waals surface area contributed by atoms with E-state index < -0.39 is 0 Å². The van der Waals surface area contributed by atoms with Crippen LogP contribution in [0.5, 0.6) is 0 Å². The normalized spacial score (nSPS) is 14.4. The third-order valence-corrected chi connectivity index (χ3v) is 4.00. The van der Waals surface area contributed by atoms with E-state index in [1.54, 1.807) is 0 Å². The Kier molecular flexibility index (Phi) is 3.72. The average molecular weight is 305 g/mol. The highest BCUT2D eigenvalue weighted by atomic mass is 35.5. The molecule has 1 aromatic heterocycles. The second kappa shape index (κ2) is 5.53. The molecule has 21 heavy (non-hydrogen) atoms. The summed E-state index contributed by atoms with van der Waals surface area (Å²) in [5.41, 5.74) is 2.90. The molecular formula is C16H17ClN2O2. The van der Waals surface area contributed by atoms with Crippen molar-refractivity contribution in [1.29, 1.82) is 0 Å². The summed E-state index contributed by atoms with van der Waals surface area (Å²) in [6.45, 7) is 5.11. The SMILES string of the molecule is CC(C)C(=O)N1CCc2noc(-c3ccc(Cl)cc3)c2C1. The molecule has 1 aliphatic rings. The third kappa shape index (κ3) is 2.68. The quantitative estimate of drug-likeness (QED) is 0.852. The number of rotatable bonds is 2. The molecule has 0 saturated heterocycles. The van der Waals surface area contributed by atoms with Crippen LogP contribution in [0, 0.1) is 5.92 Å². The standard InChI is InChI=1S/C16H17ClN2O2/c1-10(2)16(20)19-8-7-14-13(9-19)15(21-18-14)11-3-5-12(17)6-4-11/h3-6,10H,7-9H2,1-2H3. The van der Waals surface area contributed by atoms with Crippen molar-refractivity contribution in [3.63, 3.8) is 0 Å². The summed E-state index contributed by atoms with van der Waals surface area (Å²) >= 11 is 5.92. The van der Waals surface area contributed by atoms with E-state index in [4.69, 9.17) is 16.1 Å². The second-order valence-electron chi connectivity index (χ2n) is 5.61. The topological polar surface area (TPSA) is 46.3 Å². The molecule has 1 amide bonds. The first-order valence-corrected chi connectivity index (χ1v) is 7.46. The van der Waals surface area contributed by atoms with Crippen molar-refractivity contribution in [3.05, 3.63) is 40.5 Å². The third-order valence-electron chi connectivity index (χ3n) is 3.75. The van der Waals surface area contributed by atoms with Crippen molar-refractivity contribution < 1.29 is 9.32 Å². The lowest BCUT2D eigenvalue weighted by Crippen LogP contribution is -2.38. The lowest BCUT2D eigenvalue weighted by atomic mass is 10.0. The maximum absolute atomic E-state index is 12.2. The van der Waals surface area contributed by atoms with Crippen molar-refractivity contribution in [1.82, 2.24) is 10.1 Å². The van der Waals surface area contributed by atoms with Gasteiger partial charge in [-0.2, -0.15) is 0 Å². The molecule has 0 unspecified atom stereocenters. The zero-order valence-corrected chi connectivity index (χ0v) is 12.9. The van der Waals surface area contributed by atoms with Crippen LogP contribution >= 0.6 is 11.6 Å². The molecule has 4 nitrogen and oxygen atoms in total. The lowest BCUT2D eigenvalue weighted by Gasteiger charge is -2.27. The van der Waals surface area contributed by atoms with Crippen LogP contribution in [-0.2, 0) is 17.8 Å².